The van der Waals surface area contributed by atoms with E-state index in [4.69, 9.17) is 9.72 Å². The van der Waals surface area contributed by atoms with Crippen LogP contribution in [0.2, 0.25) is 0 Å². The van der Waals surface area contributed by atoms with E-state index in [9.17, 15) is 0 Å². The summed E-state index contributed by atoms with van der Waals surface area (Å²) in [5, 5.41) is 0. The highest BCUT2D eigenvalue weighted by atomic mass is 16.5. The predicted octanol–water partition coefficient (Wildman–Crippen LogP) is 5.28. The summed E-state index contributed by atoms with van der Waals surface area (Å²) in [7, 11) is 1.70. The van der Waals surface area contributed by atoms with Crippen molar-refractivity contribution in [3.63, 3.8) is 0 Å². The number of rotatable bonds is 4. The maximum absolute atomic E-state index is 5.35. The summed E-state index contributed by atoms with van der Waals surface area (Å²) in [5.74, 6) is 2.98. The highest BCUT2D eigenvalue weighted by molar-refractivity contribution is 5.77. The lowest BCUT2D eigenvalue weighted by molar-refractivity contribution is 0.322. The lowest BCUT2D eigenvalue weighted by Crippen LogP contribution is -2.18. The van der Waals surface area contributed by atoms with Gasteiger partial charge in [0.2, 0.25) is 0 Å². The van der Waals surface area contributed by atoms with Crippen LogP contribution in [0.15, 0.2) is 48.5 Å². The lowest BCUT2D eigenvalue weighted by atomic mass is 9.76. The molecule has 1 aliphatic carbocycles. The molecule has 0 saturated heterocycles. The number of methoxy groups -OCH3 is 1. The Morgan fingerprint density at radius 1 is 1.04 bits per heavy atom. The molecule has 0 bridgehead atoms. The number of benzene rings is 2. The number of hydrogen-bond donors (Lipinski definition) is 1. The molecular weight excluding hydrogens is 296 g/mol. The van der Waals surface area contributed by atoms with Gasteiger partial charge in [0, 0.05) is 12.0 Å². The minimum atomic E-state index is 0.352. The molecule has 0 aliphatic heterocycles. The van der Waals surface area contributed by atoms with Crippen LogP contribution < -0.4 is 4.74 Å². The third-order valence-electron chi connectivity index (χ3n) is 5.28. The fourth-order valence-electron chi connectivity index (χ4n) is 4.06. The van der Waals surface area contributed by atoms with E-state index < -0.39 is 0 Å². The molecule has 0 radical (unpaired) electrons. The summed E-state index contributed by atoms with van der Waals surface area (Å²) >= 11 is 0. The minimum Gasteiger partial charge on any atom is -0.497 e. The van der Waals surface area contributed by atoms with E-state index in [-0.39, 0.29) is 0 Å². The molecule has 3 heteroatoms. The molecule has 24 heavy (non-hydrogen) atoms. The molecule has 1 unspecified atom stereocenters. The van der Waals surface area contributed by atoms with Gasteiger partial charge in [0.25, 0.3) is 0 Å². The Morgan fingerprint density at radius 3 is 2.58 bits per heavy atom. The number of nitrogens with one attached hydrogen (secondary N) is 1. The predicted molar refractivity (Wildman–Crippen MR) is 97.5 cm³/mol. The van der Waals surface area contributed by atoms with Crippen LogP contribution in [-0.4, -0.2) is 17.1 Å². The zero-order valence-electron chi connectivity index (χ0n) is 14.2. The summed E-state index contributed by atoms with van der Waals surface area (Å²) in [6.07, 6.45) is 6.62. The third kappa shape index (κ3) is 2.91. The van der Waals surface area contributed by atoms with Crippen LogP contribution in [0.25, 0.3) is 11.0 Å². The first kappa shape index (κ1) is 15.3. The quantitative estimate of drug-likeness (QED) is 0.710. The highest BCUT2D eigenvalue weighted by Crippen LogP contribution is 2.40. The van der Waals surface area contributed by atoms with Crippen LogP contribution in [-0.2, 0) is 0 Å². The number of hydrogen-bond acceptors (Lipinski definition) is 2. The fraction of sp³-hybridized carbons (Fsp3) is 0.381. The van der Waals surface area contributed by atoms with E-state index in [1.54, 1.807) is 7.11 Å². The first-order chi connectivity index (χ1) is 11.8. The topological polar surface area (TPSA) is 37.9 Å². The van der Waals surface area contributed by atoms with Gasteiger partial charge in [-0.25, -0.2) is 4.98 Å². The average molecular weight is 320 g/mol. The molecule has 1 saturated carbocycles. The normalized spacial score (nSPS) is 17.0. The molecule has 3 nitrogen and oxygen atoms in total. The van der Waals surface area contributed by atoms with Crippen LogP contribution in [0.3, 0.4) is 0 Å². The lowest BCUT2D eigenvalue weighted by Gasteiger charge is -2.29. The summed E-state index contributed by atoms with van der Waals surface area (Å²) in [6.45, 7) is 0. The van der Waals surface area contributed by atoms with Crippen molar-refractivity contribution >= 4 is 11.0 Å². The van der Waals surface area contributed by atoms with Crippen molar-refractivity contribution in [1.82, 2.24) is 9.97 Å². The summed E-state index contributed by atoms with van der Waals surface area (Å²) in [4.78, 5) is 8.50. The molecule has 3 aromatic rings. The minimum absolute atomic E-state index is 0.352. The van der Waals surface area contributed by atoms with E-state index >= 15 is 0 Å². The monoisotopic (exact) mass is 320 g/mol. The van der Waals surface area contributed by atoms with Gasteiger partial charge in [-0.15, -0.1) is 0 Å². The van der Waals surface area contributed by atoms with Gasteiger partial charge in [-0.2, -0.15) is 0 Å². The Hall–Kier alpha value is -2.29. The Kier molecular flexibility index (Phi) is 4.24. The standard InChI is InChI=1S/C21H24N2O/c1-24-17-12-13-18-19(14-17)23-21(22-18)20(15-8-4-2-5-9-15)16-10-6-3-7-11-16/h2,4-5,8-9,12-14,16,20H,3,6-7,10-11H2,1H3,(H,22,23). The van der Waals surface area contributed by atoms with Gasteiger partial charge in [-0.3, -0.25) is 0 Å². The van der Waals surface area contributed by atoms with Gasteiger partial charge < -0.3 is 9.72 Å². The van der Waals surface area contributed by atoms with Gasteiger partial charge >= 0.3 is 0 Å². The summed E-state index contributed by atoms with van der Waals surface area (Å²) < 4.78 is 5.35. The number of fused-ring (bicyclic) bond motifs is 1. The second-order valence-corrected chi connectivity index (χ2v) is 6.79. The summed E-state index contributed by atoms with van der Waals surface area (Å²) in [5.41, 5.74) is 3.44. The number of H-pyrrole nitrogens is 1. The molecule has 1 aliphatic rings. The van der Waals surface area contributed by atoms with Crippen LogP contribution in [0, 0.1) is 5.92 Å². The number of ether oxygens (including phenoxy) is 1. The van der Waals surface area contributed by atoms with Gasteiger partial charge in [0.05, 0.1) is 18.1 Å². The molecule has 1 atom stereocenters. The molecule has 4 rings (SSSR count). The van der Waals surface area contributed by atoms with Crippen LogP contribution >= 0.6 is 0 Å². The smallest absolute Gasteiger partial charge is 0.121 e. The zero-order valence-corrected chi connectivity index (χ0v) is 14.2. The van der Waals surface area contributed by atoms with E-state index in [1.165, 1.54) is 37.7 Å². The van der Waals surface area contributed by atoms with E-state index in [0.29, 0.717) is 11.8 Å². The third-order valence-corrected chi connectivity index (χ3v) is 5.28. The van der Waals surface area contributed by atoms with Gasteiger partial charge in [-0.1, -0.05) is 49.6 Å². The molecule has 0 amide bonds. The second-order valence-electron chi connectivity index (χ2n) is 6.79. The molecular formula is C21H24N2O. The number of nitrogens with zero attached hydrogens (tertiary/aromatic N) is 1. The van der Waals surface area contributed by atoms with Crippen molar-refractivity contribution in [2.24, 2.45) is 5.92 Å². The first-order valence-corrected chi connectivity index (χ1v) is 8.94. The molecule has 0 spiro atoms. The second kappa shape index (κ2) is 6.68. The van der Waals surface area contributed by atoms with Crippen molar-refractivity contribution in [2.45, 2.75) is 38.0 Å². The van der Waals surface area contributed by atoms with Crippen molar-refractivity contribution in [3.05, 3.63) is 59.9 Å². The van der Waals surface area contributed by atoms with Gasteiger partial charge in [-0.05, 0) is 36.5 Å². The van der Waals surface area contributed by atoms with Crippen molar-refractivity contribution in [1.29, 1.82) is 0 Å². The molecule has 1 aromatic heterocycles. The van der Waals surface area contributed by atoms with E-state index in [0.717, 1.165) is 22.6 Å². The first-order valence-electron chi connectivity index (χ1n) is 8.94. The fourth-order valence-corrected chi connectivity index (χ4v) is 4.06. The van der Waals surface area contributed by atoms with Crippen molar-refractivity contribution in [2.75, 3.05) is 7.11 Å². The molecule has 1 fully saturated rings. The van der Waals surface area contributed by atoms with E-state index in [1.807, 2.05) is 18.2 Å². The largest absolute Gasteiger partial charge is 0.497 e. The Labute approximate surface area is 143 Å². The van der Waals surface area contributed by atoms with Gasteiger partial charge in [0.1, 0.15) is 11.6 Å². The van der Waals surface area contributed by atoms with Crippen molar-refractivity contribution < 1.29 is 4.74 Å². The summed E-state index contributed by atoms with van der Waals surface area (Å²) in [6, 6.07) is 16.9. The highest BCUT2D eigenvalue weighted by Gasteiger charge is 2.28. The van der Waals surface area contributed by atoms with Crippen LogP contribution in [0.1, 0.15) is 49.4 Å². The maximum Gasteiger partial charge on any atom is 0.121 e. The zero-order chi connectivity index (χ0) is 16.4. The van der Waals surface area contributed by atoms with Crippen LogP contribution in [0.4, 0.5) is 0 Å². The Balaban J connectivity index is 1.77. The Morgan fingerprint density at radius 2 is 1.83 bits per heavy atom. The molecule has 1 heterocycles. The van der Waals surface area contributed by atoms with Crippen molar-refractivity contribution in [3.8, 4) is 5.75 Å². The van der Waals surface area contributed by atoms with Crippen LogP contribution in [0.5, 0.6) is 5.75 Å². The van der Waals surface area contributed by atoms with E-state index in [2.05, 4.69) is 35.3 Å². The molecule has 124 valence electrons. The maximum atomic E-state index is 5.35. The average Bonchev–Trinajstić information content (AvgIpc) is 3.06. The SMILES string of the molecule is COc1ccc2nc(C(c3ccccc3)C3CCCCC3)[nH]c2c1. The molecule has 1 N–H and O–H groups in total. The van der Waals surface area contributed by atoms with Gasteiger partial charge in [0.15, 0.2) is 0 Å². The number of aromatic nitrogens is 2. The number of imidazole rings is 1. The Bertz CT molecular complexity index is 803. The number of aromatic amines is 1. The molecule has 2 aromatic carbocycles.